The topological polar surface area (TPSA) is 103 Å². The Hall–Kier alpha value is -3.67. The van der Waals surface area contributed by atoms with Gasteiger partial charge in [-0.05, 0) is 84.2 Å². The van der Waals surface area contributed by atoms with Crippen LogP contribution in [0.3, 0.4) is 0 Å². The average Bonchev–Trinajstić information content (AvgIpc) is 3.24. The third-order valence-corrected chi connectivity index (χ3v) is 7.51. The minimum absolute atomic E-state index is 0.0239. The number of alkyl halides is 3. The second kappa shape index (κ2) is 13.3. The lowest BCUT2D eigenvalue weighted by atomic mass is 9.93. The first-order valence-electron chi connectivity index (χ1n) is 12.7. The summed E-state index contributed by atoms with van der Waals surface area (Å²) in [6.45, 7) is 3.39. The molecule has 41 heavy (non-hydrogen) atoms. The number of ether oxygens (including phenoxy) is 2. The fourth-order valence-corrected chi connectivity index (χ4v) is 5.30. The van der Waals surface area contributed by atoms with E-state index in [9.17, 15) is 26.0 Å². The van der Waals surface area contributed by atoms with Gasteiger partial charge in [0.25, 0.3) is 6.47 Å². The minimum atomic E-state index is -4.78. The molecular formula is C29H31F4NO6S. The molecule has 1 aromatic heterocycles. The highest BCUT2D eigenvalue weighted by molar-refractivity contribution is 7.90. The monoisotopic (exact) mass is 597 g/mol. The van der Waals surface area contributed by atoms with E-state index >= 15 is 0 Å². The summed E-state index contributed by atoms with van der Waals surface area (Å²) in [6, 6.07) is 8.05. The number of hydrogen-bond donors (Lipinski definition) is 1. The zero-order valence-corrected chi connectivity index (χ0v) is 23.6. The molecule has 1 unspecified atom stereocenters. The third kappa shape index (κ3) is 8.91. The maximum Gasteiger partial charge on any atom is 0.417 e. The van der Waals surface area contributed by atoms with Crippen molar-refractivity contribution in [3.8, 4) is 22.8 Å². The molecule has 0 aliphatic heterocycles. The zero-order valence-electron chi connectivity index (χ0n) is 22.8. The van der Waals surface area contributed by atoms with Crippen LogP contribution in [0.25, 0.3) is 11.1 Å². The fourth-order valence-electron chi connectivity index (χ4n) is 4.66. The first kappa shape index (κ1) is 31.9. The molecule has 0 bridgehead atoms. The summed E-state index contributed by atoms with van der Waals surface area (Å²) in [4.78, 5) is 12.6. The van der Waals surface area contributed by atoms with Gasteiger partial charge in [0.05, 0.1) is 17.9 Å². The second-order valence-corrected chi connectivity index (χ2v) is 12.3. The summed E-state index contributed by atoms with van der Waals surface area (Å²) in [7, 11) is -3.11. The lowest BCUT2D eigenvalue weighted by Crippen LogP contribution is -2.11. The predicted octanol–water partition coefficient (Wildman–Crippen LogP) is 6.04. The lowest BCUT2D eigenvalue weighted by Gasteiger charge is -2.18. The highest BCUT2D eigenvalue weighted by Crippen LogP contribution is 2.40. The molecule has 0 saturated carbocycles. The molecule has 1 aliphatic rings. The number of rotatable bonds is 9. The predicted molar refractivity (Wildman–Crippen MR) is 145 cm³/mol. The van der Waals surface area contributed by atoms with E-state index in [4.69, 9.17) is 19.4 Å². The molecule has 1 heterocycles. The van der Waals surface area contributed by atoms with Crippen LogP contribution < -0.4 is 9.47 Å². The molecule has 3 aromatic rings. The number of halogens is 4. The Morgan fingerprint density at radius 2 is 1.76 bits per heavy atom. The van der Waals surface area contributed by atoms with Crippen molar-refractivity contribution in [3.63, 3.8) is 0 Å². The highest BCUT2D eigenvalue weighted by Gasteiger charge is 2.35. The molecule has 0 spiro atoms. The molecule has 12 heteroatoms. The van der Waals surface area contributed by atoms with Crippen LogP contribution in [0.15, 0.2) is 42.6 Å². The van der Waals surface area contributed by atoms with E-state index in [0.29, 0.717) is 29.2 Å². The number of benzene rings is 2. The summed E-state index contributed by atoms with van der Waals surface area (Å²) in [5.41, 5.74) is 1.74. The summed E-state index contributed by atoms with van der Waals surface area (Å²) in [5, 5.41) is 6.89. The molecule has 0 radical (unpaired) electrons. The normalized spacial score (nSPS) is 14.6. The maximum atomic E-state index is 14.8. The van der Waals surface area contributed by atoms with Crippen molar-refractivity contribution < 1.29 is 45.4 Å². The second-order valence-electron chi connectivity index (χ2n) is 9.99. The van der Waals surface area contributed by atoms with Gasteiger partial charge in [0.1, 0.15) is 28.0 Å². The number of sulfone groups is 1. The van der Waals surface area contributed by atoms with Crippen molar-refractivity contribution in [2.24, 2.45) is 5.92 Å². The van der Waals surface area contributed by atoms with Crippen LogP contribution in [0.5, 0.6) is 11.6 Å². The van der Waals surface area contributed by atoms with Crippen molar-refractivity contribution in [1.82, 2.24) is 4.98 Å². The van der Waals surface area contributed by atoms with Crippen molar-refractivity contribution >= 4 is 16.3 Å². The number of nitrogens with zero attached hydrogens (tertiary/aromatic N) is 1. The van der Waals surface area contributed by atoms with Gasteiger partial charge < -0.3 is 14.6 Å². The lowest BCUT2D eigenvalue weighted by molar-refractivity contribution is -0.137. The maximum absolute atomic E-state index is 14.8. The Morgan fingerprint density at radius 3 is 2.39 bits per heavy atom. The fraction of sp³-hybridized carbons (Fsp3) is 0.379. The molecule has 1 N–H and O–H groups in total. The third-order valence-electron chi connectivity index (χ3n) is 6.48. The van der Waals surface area contributed by atoms with Gasteiger partial charge in [-0.15, -0.1) is 0 Å². The number of aromatic nitrogens is 1. The highest BCUT2D eigenvalue weighted by atomic mass is 32.2. The molecule has 0 saturated heterocycles. The Kier molecular flexibility index (Phi) is 10.4. The van der Waals surface area contributed by atoms with E-state index in [1.54, 1.807) is 25.3 Å². The number of aryl methyl sites for hydroxylation is 1. The number of carbonyl (C=O) groups is 1. The van der Waals surface area contributed by atoms with Crippen LogP contribution in [-0.2, 0) is 40.3 Å². The first-order chi connectivity index (χ1) is 19.2. The number of carboxylic acid groups (broad SMARTS) is 1. The number of fused-ring (bicyclic) bond motifs is 1. The van der Waals surface area contributed by atoms with E-state index in [2.05, 4.69) is 11.9 Å². The van der Waals surface area contributed by atoms with Crippen molar-refractivity contribution in [2.75, 3.05) is 18.6 Å². The van der Waals surface area contributed by atoms with Crippen LogP contribution in [0.1, 0.15) is 41.2 Å². The minimum Gasteiger partial charge on any atom is -0.494 e. The number of pyridine rings is 1. The molecule has 4 rings (SSSR count). The van der Waals surface area contributed by atoms with Gasteiger partial charge in [0.2, 0.25) is 5.88 Å². The summed E-state index contributed by atoms with van der Waals surface area (Å²) >= 11 is 0. The van der Waals surface area contributed by atoms with Gasteiger partial charge in [-0.25, -0.2) is 17.8 Å². The van der Waals surface area contributed by atoms with E-state index in [0.717, 1.165) is 30.2 Å². The van der Waals surface area contributed by atoms with Gasteiger partial charge in [-0.2, -0.15) is 13.2 Å². The first-order valence-corrected chi connectivity index (χ1v) is 14.8. The van der Waals surface area contributed by atoms with Crippen LogP contribution in [0.4, 0.5) is 17.6 Å². The summed E-state index contributed by atoms with van der Waals surface area (Å²) in [5.74, 6) is 0.159. The largest absolute Gasteiger partial charge is 0.494 e. The Bertz CT molecular complexity index is 1490. The molecule has 222 valence electrons. The standard InChI is InChI=1S/C28H29F4NO4S.CH2O2/c1-17-9-19-13-27(33-15-20(19)10-17)37-16-21-12-24(25(14-26(21)29)28(30,31)32)23-6-5-22(11-18(23)2)36-7-4-8-38(3,34)35;2-1-3/h5-6,11-15,17H,4,7-10,16H2,1-3H3;1H,(H,2,3). The summed E-state index contributed by atoms with van der Waals surface area (Å²) in [6.07, 6.45) is 0.205. The van der Waals surface area contributed by atoms with Gasteiger partial charge in [0.15, 0.2) is 0 Å². The van der Waals surface area contributed by atoms with E-state index in [1.807, 2.05) is 0 Å². The zero-order chi connectivity index (χ0) is 30.4. The van der Waals surface area contributed by atoms with E-state index in [-0.39, 0.29) is 48.6 Å². The van der Waals surface area contributed by atoms with Gasteiger partial charge in [0, 0.05) is 24.1 Å². The number of hydrogen-bond acceptors (Lipinski definition) is 6. The van der Waals surface area contributed by atoms with Gasteiger partial charge in [-0.3, -0.25) is 4.79 Å². The van der Waals surface area contributed by atoms with Crippen molar-refractivity contribution in [2.45, 2.75) is 45.9 Å². The molecular weight excluding hydrogens is 566 g/mol. The Labute approximate surface area is 236 Å². The van der Waals surface area contributed by atoms with Gasteiger partial charge in [-0.1, -0.05) is 13.0 Å². The van der Waals surface area contributed by atoms with E-state index < -0.39 is 27.4 Å². The quantitative estimate of drug-likeness (QED) is 0.182. The molecule has 1 aliphatic carbocycles. The van der Waals surface area contributed by atoms with Crippen LogP contribution in [0, 0.1) is 18.7 Å². The van der Waals surface area contributed by atoms with Crippen LogP contribution in [-0.4, -0.2) is 43.6 Å². The van der Waals surface area contributed by atoms with Crippen molar-refractivity contribution in [1.29, 1.82) is 0 Å². The van der Waals surface area contributed by atoms with Crippen LogP contribution >= 0.6 is 0 Å². The Morgan fingerprint density at radius 1 is 1.07 bits per heavy atom. The van der Waals surface area contributed by atoms with E-state index in [1.165, 1.54) is 18.2 Å². The average molecular weight is 598 g/mol. The van der Waals surface area contributed by atoms with Crippen LogP contribution in [0.2, 0.25) is 0 Å². The smallest absolute Gasteiger partial charge is 0.417 e. The Balaban J connectivity index is 0.00000147. The van der Waals surface area contributed by atoms with Gasteiger partial charge >= 0.3 is 6.18 Å². The summed E-state index contributed by atoms with van der Waals surface area (Å²) < 4.78 is 90.2. The molecule has 1 atom stereocenters. The molecule has 0 amide bonds. The SMILES string of the molecule is Cc1cc(OCCCS(C)(=O)=O)ccc1-c1cc(COc2cc3c(cn2)CC(C)C3)c(F)cc1C(F)(F)F.O=CO. The molecule has 0 fully saturated rings. The van der Waals surface area contributed by atoms with Crippen molar-refractivity contribution in [3.05, 3.63) is 76.2 Å². The molecule has 7 nitrogen and oxygen atoms in total. The molecule has 2 aromatic carbocycles.